The van der Waals surface area contributed by atoms with Crippen molar-refractivity contribution >= 4 is 13.8 Å². The molecule has 7 atom stereocenters. The maximum absolute atomic E-state index is 12.5. The second kappa shape index (κ2) is 34.2. The Morgan fingerprint density at radius 3 is 2.05 bits per heavy atom. The SMILES string of the molecule is CCCCCCCC/C=C\CCCCCC/C=C/O[C@H](COC(=O)CCC/C=C/C[C@@H]1[C@@H](/C=C/[C@@H](O)CCCCC)[C@H](O)C[C@@H]1O)COP(=O)(O)OCCN. The Bertz CT molecular complexity index is 1100. The number of aliphatic hydroxyl groups excluding tert-OH is 3. The first-order chi connectivity index (χ1) is 26.6. The van der Waals surface area contributed by atoms with Gasteiger partial charge in [-0.2, -0.15) is 0 Å². The second-order valence-electron chi connectivity index (χ2n) is 14.9. The molecule has 0 bridgehead atoms. The van der Waals surface area contributed by atoms with Crippen LogP contribution in [0.2, 0.25) is 0 Å². The highest BCUT2D eigenvalue weighted by molar-refractivity contribution is 7.47. The largest absolute Gasteiger partial charge is 0.492 e. The standard InChI is InChI=1S/C43H78NO10P/c1-3-5-7-8-9-10-11-12-13-14-15-16-17-18-21-25-32-51-38(36-54-55(49,50)53-33-31-44)35-52-43(48)28-24-20-19-23-27-39-40(42(47)34-41(39)46)30-29-37(45)26-22-6-4-2/h12-13,19,23,25,29-30,32,37-42,45-47H,3-11,14-18,20-22,24,26-28,31,33-36,44H2,1-2H3,(H,49,50)/b13-12-,23-19+,30-29+,32-25+/t37-,38+,39+,40+,41-,42+/m0/s1. The van der Waals surface area contributed by atoms with E-state index in [4.69, 9.17) is 24.3 Å². The van der Waals surface area contributed by atoms with E-state index in [1.165, 1.54) is 64.0 Å². The number of nitrogens with two attached hydrogens (primary N) is 1. The van der Waals surface area contributed by atoms with Gasteiger partial charge in [0, 0.05) is 25.3 Å². The van der Waals surface area contributed by atoms with Crippen LogP contribution in [-0.4, -0.2) is 77.0 Å². The van der Waals surface area contributed by atoms with Gasteiger partial charge in [0.25, 0.3) is 0 Å². The average Bonchev–Trinajstić information content (AvgIpc) is 3.43. The molecule has 0 spiro atoms. The number of phosphoric acid groups is 1. The molecule has 6 N–H and O–H groups in total. The topological polar surface area (TPSA) is 178 Å². The quantitative estimate of drug-likeness (QED) is 0.0134. The van der Waals surface area contributed by atoms with Gasteiger partial charge in [-0.15, -0.1) is 0 Å². The van der Waals surface area contributed by atoms with Gasteiger partial charge in [0.2, 0.25) is 0 Å². The van der Waals surface area contributed by atoms with Gasteiger partial charge in [-0.3, -0.25) is 13.8 Å². The Morgan fingerprint density at radius 1 is 0.782 bits per heavy atom. The zero-order valence-corrected chi connectivity index (χ0v) is 35.1. The van der Waals surface area contributed by atoms with Crippen LogP contribution < -0.4 is 5.73 Å². The molecule has 0 aliphatic heterocycles. The van der Waals surface area contributed by atoms with Crippen molar-refractivity contribution in [2.24, 2.45) is 17.6 Å². The molecule has 0 heterocycles. The lowest BCUT2D eigenvalue weighted by Gasteiger charge is -2.19. The van der Waals surface area contributed by atoms with Crippen LogP contribution in [0.3, 0.4) is 0 Å². The van der Waals surface area contributed by atoms with E-state index in [0.29, 0.717) is 32.1 Å². The molecule has 1 saturated carbocycles. The van der Waals surface area contributed by atoms with E-state index in [1.54, 1.807) is 6.08 Å². The van der Waals surface area contributed by atoms with Crippen molar-refractivity contribution in [1.82, 2.24) is 0 Å². The van der Waals surface area contributed by atoms with Crippen LogP contribution in [0.4, 0.5) is 0 Å². The van der Waals surface area contributed by atoms with Gasteiger partial charge in [-0.25, -0.2) is 4.57 Å². The number of carbonyl (C=O) groups is 1. The molecule has 1 aliphatic carbocycles. The first kappa shape index (κ1) is 51.2. The number of rotatable bonds is 36. The third-order valence-corrected chi connectivity index (χ3v) is 10.9. The number of allylic oxidation sites excluding steroid dienone is 5. The zero-order valence-electron chi connectivity index (χ0n) is 34.2. The van der Waals surface area contributed by atoms with Crippen LogP contribution >= 0.6 is 7.82 Å². The van der Waals surface area contributed by atoms with Gasteiger partial charge in [-0.1, -0.05) is 115 Å². The number of hydrogen-bond donors (Lipinski definition) is 5. The van der Waals surface area contributed by atoms with Crippen LogP contribution in [0.1, 0.15) is 155 Å². The normalized spacial score (nSPS) is 21.3. The Balaban J connectivity index is 2.40. The highest BCUT2D eigenvalue weighted by Gasteiger charge is 2.39. The van der Waals surface area contributed by atoms with Crippen molar-refractivity contribution in [1.29, 1.82) is 0 Å². The summed E-state index contributed by atoms with van der Waals surface area (Å²) in [5.74, 6) is -0.791. The molecular formula is C43H78NO10P. The molecule has 0 aromatic carbocycles. The van der Waals surface area contributed by atoms with Crippen molar-refractivity contribution in [3.8, 4) is 0 Å². The van der Waals surface area contributed by atoms with Crippen molar-refractivity contribution in [3.05, 3.63) is 48.8 Å². The molecule has 0 amide bonds. The average molecular weight is 800 g/mol. The summed E-state index contributed by atoms with van der Waals surface area (Å²) in [5.41, 5.74) is 5.36. The van der Waals surface area contributed by atoms with E-state index in [2.05, 4.69) is 26.0 Å². The maximum atomic E-state index is 12.5. The highest BCUT2D eigenvalue weighted by atomic mass is 31.2. The van der Waals surface area contributed by atoms with Crippen molar-refractivity contribution in [3.63, 3.8) is 0 Å². The first-order valence-corrected chi connectivity index (χ1v) is 22.9. The molecule has 11 nitrogen and oxygen atoms in total. The maximum Gasteiger partial charge on any atom is 0.472 e. The Kier molecular flexibility index (Phi) is 31.9. The van der Waals surface area contributed by atoms with Gasteiger partial charge in [0.05, 0.1) is 37.8 Å². The summed E-state index contributed by atoms with van der Waals surface area (Å²) >= 11 is 0. The molecule has 12 heteroatoms. The number of phosphoric ester groups is 1. The number of aliphatic hydroxyl groups is 3. The monoisotopic (exact) mass is 800 g/mol. The molecule has 1 rings (SSSR count). The number of esters is 1. The van der Waals surface area contributed by atoms with Crippen LogP contribution in [0.5, 0.6) is 0 Å². The molecule has 1 unspecified atom stereocenters. The predicted octanol–water partition coefficient (Wildman–Crippen LogP) is 9.14. The van der Waals surface area contributed by atoms with Crippen LogP contribution in [0.15, 0.2) is 48.8 Å². The van der Waals surface area contributed by atoms with Gasteiger partial charge < -0.3 is 35.4 Å². The summed E-state index contributed by atoms with van der Waals surface area (Å²) in [7, 11) is -4.33. The smallest absolute Gasteiger partial charge is 0.472 e. The molecule has 1 aliphatic rings. The van der Waals surface area contributed by atoms with E-state index < -0.39 is 38.2 Å². The summed E-state index contributed by atoms with van der Waals surface area (Å²) < 4.78 is 33.1. The van der Waals surface area contributed by atoms with Crippen molar-refractivity contribution in [2.45, 2.75) is 180 Å². The summed E-state index contributed by atoms with van der Waals surface area (Å²) in [4.78, 5) is 22.4. The van der Waals surface area contributed by atoms with E-state index in [1.807, 2.05) is 24.3 Å². The van der Waals surface area contributed by atoms with E-state index >= 15 is 0 Å². The molecule has 0 saturated heterocycles. The predicted molar refractivity (Wildman–Crippen MR) is 221 cm³/mol. The van der Waals surface area contributed by atoms with Crippen molar-refractivity contribution in [2.75, 3.05) is 26.4 Å². The minimum atomic E-state index is -4.33. The summed E-state index contributed by atoms with van der Waals surface area (Å²) in [6.45, 7) is 3.81. The number of carbonyl (C=O) groups excluding carboxylic acids is 1. The molecule has 0 radical (unpaired) electrons. The van der Waals surface area contributed by atoms with Crippen LogP contribution in [-0.2, 0) is 27.9 Å². The second-order valence-corrected chi connectivity index (χ2v) is 16.3. The summed E-state index contributed by atoms with van der Waals surface area (Å²) in [6.07, 6.45) is 34.6. The molecule has 0 aromatic rings. The fourth-order valence-electron chi connectivity index (χ4n) is 6.56. The molecule has 320 valence electrons. The minimum Gasteiger partial charge on any atom is -0.492 e. The third-order valence-electron chi connectivity index (χ3n) is 9.88. The highest BCUT2D eigenvalue weighted by Crippen LogP contribution is 2.43. The minimum absolute atomic E-state index is 0.0626. The fourth-order valence-corrected chi connectivity index (χ4v) is 7.32. The van der Waals surface area contributed by atoms with Gasteiger partial charge in [0.1, 0.15) is 6.61 Å². The van der Waals surface area contributed by atoms with Gasteiger partial charge >= 0.3 is 13.8 Å². The first-order valence-electron chi connectivity index (χ1n) is 21.4. The zero-order chi connectivity index (χ0) is 40.4. The third kappa shape index (κ3) is 28.3. The lowest BCUT2D eigenvalue weighted by Crippen LogP contribution is -2.25. The Morgan fingerprint density at radius 2 is 1.38 bits per heavy atom. The lowest BCUT2D eigenvalue weighted by molar-refractivity contribution is -0.147. The van der Waals surface area contributed by atoms with E-state index in [0.717, 1.165) is 44.9 Å². The van der Waals surface area contributed by atoms with Crippen LogP contribution in [0, 0.1) is 11.8 Å². The van der Waals surface area contributed by atoms with Crippen molar-refractivity contribution < 1.29 is 48.1 Å². The number of hydrogen-bond acceptors (Lipinski definition) is 10. The molecular weight excluding hydrogens is 721 g/mol. The van der Waals surface area contributed by atoms with E-state index in [9.17, 15) is 29.6 Å². The molecule has 55 heavy (non-hydrogen) atoms. The fraction of sp³-hybridized carbons (Fsp3) is 0.791. The molecule has 1 fully saturated rings. The lowest BCUT2D eigenvalue weighted by atomic mass is 9.89. The van der Waals surface area contributed by atoms with Gasteiger partial charge in [0.15, 0.2) is 6.10 Å². The number of unbranched alkanes of at least 4 members (excludes halogenated alkanes) is 14. The Hall–Kier alpha value is -1.82. The van der Waals surface area contributed by atoms with Gasteiger partial charge in [-0.05, 0) is 76.2 Å². The van der Waals surface area contributed by atoms with Crippen LogP contribution in [0.25, 0.3) is 0 Å². The Labute approximate surface area is 333 Å². The summed E-state index contributed by atoms with van der Waals surface area (Å²) in [6, 6.07) is 0. The summed E-state index contributed by atoms with van der Waals surface area (Å²) in [5, 5.41) is 31.3. The molecule has 0 aromatic heterocycles. The number of ether oxygens (including phenoxy) is 2. The van der Waals surface area contributed by atoms with E-state index in [-0.39, 0.29) is 44.6 Å².